The SMILES string of the molecule is Cc1ccc(C(C)C)c(OCc2nnc(SC(C)C(=O)N(C)Cc3ccccc3)n2N)c1. The lowest BCUT2D eigenvalue weighted by Gasteiger charge is -2.21. The van der Waals surface area contributed by atoms with Crippen LogP contribution in [0.15, 0.2) is 53.7 Å². The molecule has 7 nitrogen and oxygen atoms in total. The Hall–Kier alpha value is -3.00. The van der Waals surface area contributed by atoms with E-state index in [1.807, 2.05) is 50.2 Å². The third kappa shape index (κ3) is 5.82. The van der Waals surface area contributed by atoms with E-state index in [-0.39, 0.29) is 17.8 Å². The van der Waals surface area contributed by atoms with Crippen LogP contribution in [0.1, 0.15) is 49.2 Å². The molecule has 3 rings (SSSR count). The summed E-state index contributed by atoms with van der Waals surface area (Å²) in [6.45, 7) is 8.89. The summed E-state index contributed by atoms with van der Waals surface area (Å²) in [4.78, 5) is 14.5. The minimum Gasteiger partial charge on any atom is -0.485 e. The number of hydrogen-bond donors (Lipinski definition) is 1. The number of nitrogen functional groups attached to an aromatic ring is 1. The average Bonchev–Trinajstić information content (AvgIpc) is 3.11. The topological polar surface area (TPSA) is 86.3 Å². The molecule has 1 atom stereocenters. The summed E-state index contributed by atoms with van der Waals surface area (Å²) >= 11 is 1.29. The third-order valence-corrected chi connectivity index (χ3v) is 6.20. The minimum atomic E-state index is -0.353. The first kappa shape index (κ1) is 23.7. The Balaban J connectivity index is 1.62. The van der Waals surface area contributed by atoms with Crippen LogP contribution in [0.25, 0.3) is 0 Å². The molecule has 2 aromatic carbocycles. The summed E-state index contributed by atoms with van der Waals surface area (Å²) in [5.74, 6) is 7.87. The van der Waals surface area contributed by atoms with Crippen LogP contribution in [0.5, 0.6) is 5.75 Å². The lowest BCUT2D eigenvalue weighted by Crippen LogP contribution is -2.33. The van der Waals surface area contributed by atoms with Crippen LogP contribution < -0.4 is 10.6 Å². The fourth-order valence-electron chi connectivity index (χ4n) is 3.33. The van der Waals surface area contributed by atoms with E-state index in [0.29, 0.717) is 23.4 Å². The molecule has 0 aliphatic carbocycles. The quantitative estimate of drug-likeness (QED) is 0.387. The predicted molar refractivity (Wildman–Crippen MR) is 128 cm³/mol. The molecule has 0 fully saturated rings. The number of aromatic nitrogens is 3. The lowest BCUT2D eigenvalue weighted by molar-refractivity contribution is -0.129. The fourth-order valence-corrected chi connectivity index (χ4v) is 4.23. The van der Waals surface area contributed by atoms with Crippen molar-refractivity contribution >= 4 is 17.7 Å². The molecule has 3 aromatic rings. The van der Waals surface area contributed by atoms with Gasteiger partial charge in [0.05, 0.1) is 5.25 Å². The highest BCUT2D eigenvalue weighted by Gasteiger charge is 2.22. The van der Waals surface area contributed by atoms with Crippen molar-refractivity contribution in [2.75, 3.05) is 12.9 Å². The number of benzene rings is 2. The molecule has 0 bridgehead atoms. The molecule has 1 heterocycles. The second-order valence-electron chi connectivity index (χ2n) is 8.19. The summed E-state index contributed by atoms with van der Waals surface area (Å²) in [5.41, 5.74) is 3.34. The number of hydrogen-bond acceptors (Lipinski definition) is 6. The zero-order chi connectivity index (χ0) is 23.3. The fraction of sp³-hybridized carbons (Fsp3) is 0.375. The van der Waals surface area contributed by atoms with Crippen LogP contribution >= 0.6 is 11.8 Å². The van der Waals surface area contributed by atoms with Gasteiger partial charge in [-0.25, -0.2) is 4.68 Å². The smallest absolute Gasteiger partial charge is 0.235 e. The van der Waals surface area contributed by atoms with Gasteiger partial charge in [0, 0.05) is 13.6 Å². The molecule has 2 N–H and O–H groups in total. The number of thioether (sulfide) groups is 1. The number of nitrogens with zero attached hydrogens (tertiary/aromatic N) is 4. The molecule has 0 aliphatic rings. The van der Waals surface area contributed by atoms with Crippen molar-refractivity contribution in [1.29, 1.82) is 0 Å². The van der Waals surface area contributed by atoms with Crippen molar-refractivity contribution in [2.24, 2.45) is 0 Å². The summed E-state index contributed by atoms with van der Waals surface area (Å²) in [6.07, 6.45) is 0. The summed E-state index contributed by atoms with van der Waals surface area (Å²) in [6, 6.07) is 16.1. The van der Waals surface area contributed by atoms with Gasteiger partial charge in [0.25, 0.3) is 0 Å². The van der Waals surface area contributed by atoms with Crippen molar-refractivity contribution in [3.8, 4) is 5.75 Å². The van der Waals surface area contributed by atoms with E-state index in [1.54, 1.807) is 11.9 Å². The Kier molecular flexibility index (Phi) is 7.80. The number of amides is 1. The maximum Gasteiger partial charge on any atom is 0.235 e. The van der Waals surface area contributed by atoms with E-state index in [1.165, 1.54) is 16.4 Å². The van der Waals surface area contributed by atoms with Crippen molar-refractivity contribution in [1.82, 2.24) is 19.8 Å². The second kappa shape index (κ2) is 10.5. The molecule has 0 saturated carbocycles. The number of carbonyl (C=O) groups is 1. The lowest BCUT2D eigenvalue weighted by atomic mass is 10.0. The molecule has 32 heavy (non-hydrogen) atoms. The molecule has 1 aromatic heterocycles. The molecular weight excluding hydrogens is 422 g/mol. The summed E-state index contributed by atoms with van der Waals surface area (Å²) < 4.78 is 7.43. The zero-order valence-corrected chi connectivity index (χ0v) is 20.1. The molecule has 8 heteroatoms. The molecule has 1 unspecified atom stereocenters. The number of aryl methyl sites for hydroxylation is 1. The highest BCUT2D eigenvalue weighted by molar-refractivity contribution is 8.00. The Morgan fingerprint density at radius 1 is 1.16 bits per heavy atom. The van der Waals surface area contributed by atoms with Gasteiger partial charge in [0.2, 0.25) is 11.1 Å². The predicted octanol–water partition coefficient (Wildman–Crippen LogP) is 4.14. The molecule has 170 valence electrons. The number of ether oxygens (including phenoxy) is 1. The number of nitrogens with two attached hydrogens (primary N) is 1. The Morgan fingerprint density at radius 3 is 2.56 bits per heavy atom. The molecule has 0 aliphatic heterocycles. The number of rotatable bonds is 9. The van der Waals surface area contributed by atoms with Gasteiger partial charge in [-0.2, -0.15) is 0 Å². The van der Waals surface area contributed by atoms with E-state index in [9.17, 15) is 4.79 Å². The van der Waals surface area contributed by atoms with Crippen LogP contribution in [0.2, 0.25) is 0 Å². The van der Waals surface area contributed by atoms with E-state index in [0.717, 1.165) is 22.4 Å². The van der Waals surface area contributed by atoms with Crippen LogP contribution in [-0.4, -0.2) is 38.0 Å². The van der Waals surface area contributed by atoms with Crippen LogP contribution in [0, 0.1) is 6.92 Å². The largest absolute Gasteiger partial charge is 0.485 e. The van der Waals surface area contributed by atoms with Crippen LogP contribution in [-0.2, 0) is 17.9 Å². The van der Waals surface area contributed by atoms with Crippen LogP contribution in [0.3, 0.4) is 0 Å². The van der Waals surface area contributed by atoms with Gasteiger partial charge in [-0.1, -0.05) is 68.1 Å². The van der Waals surface area contributed by atoms with Gasteiger partial charge in [0.1, 0.15) is 12.4 Å². The maximum atomic E-state index is 12.8. The van der Waals surface area contributed by atoms with Gasteiger partial charge >= 0.3 is 0 Å². The molecular formula is C24H31N5O2S. The number of carbonyl (C=O) groups excluding carboxylic acids is 1. The highest BCUT2D eigenvalue weighted by atomic mass is 32.2. The summed E-state index contributed by atoms with van der Waals surface area (Å²) in [7, 11) is 1.80. The van der Waals surface area contributed by atoms with Gasteiger partial charge in [-0.15, -0.1) is 10.2 Å². The minimum absolute atomic E-state index is 0.000916. The average molecular weight is 454 g/mol. The van der Waals surface area contributed by atoms with Gasteiger partial charge in [-0.05, 0) is 42.5 Å². The monoisotopic (exact) mass is 453 g/mol. The van der Waals surface area contributed by atoms with E-state index in [4.69, 9.17) is 10.6 Å². The first-order valence-corrected chi connectivity index (χ1v) is 11.5. The Morgan fingerprint density at radius 2 is 1.88 bits per heavy atom. The van der Waals surface area contributed by atoms with Crippen LogP contribution in [0.4, 0.5) is 0 Å². The first-order valence-electron chi connectivity index (χ1n) is 10.6. The third-order valence-electron chi connectivity index (χ3n) is 5.15. The zero-order valence-electron chi connectivity index (χ0n) is 19.3. The van der Waals surface area contributed by atoms with E-state index >= 15 is 0 Å². The second-order valence-corrected chi connectivity index (χ2v) is 9.50. The Labute approximate surface area is 193 Å². The maximum absolute atomic E-state index is 12.8. The molecule has 0 saturated heterocycles. The van der Waals surface area contributed by atoms with Crippen molar-refractivity contribution in [2.45, 2.75) is 57.2 Å². The standard InChI is InChI=1S/C24H31N5O2S/c1-16(2)20-12-11-17(3)13-21(20)31-15-22-26-27-24(29(22)25)32-18(4)23(30)28(5)14-19-9-7-6-8-10-19/h6-13,16,18H,14-15,25H2,1-5H3. The van der Waals surface area contributed by atoms with E-state index in [2.05, 4.69) is 36.2 Å². The van der Waals surface area contributed by atoms with Crippen molar-refractivity contribution in [3.05, 3.63) is 71.0 Å². The summed E-state index contributed by atoms with van der Waals surface area (Å²) in [5, 5.41) is 8.46. The normalized spacial score (nSPS) is 12.1. The first-order chi connectivity index (χ1) is 15.3. The highest BCUT2D eigenvalue weighted by Crippen LogP contribution is 2.28. The van der Waals surface area contributed by atoms with Gasteiger partial charge < -0.3 is 15.5 Å². The van der Waals surface area contributed by atoms with Gasteiger partial charge in [-0.3, -0.25) is 4.79 Å². The van der Waals surface area contributed by atoms with Crippen molar-refractivity contribution < 1.29 is 9.53 Å². The molecule has 1 amide bonds. The van der Waals surface area contributed by atoms with Crippen molar-refractivity contribution in [3.63, 3.8) is 0 Å². The molecule has 0 radical (unpaired) electrons. The molecule has 0 spiro atoms. The Bertz CT molecular complexity index is 1050. The van der Waals surface area contributed by atoms with E-state index < -0.39 is 0 Å². The van der Waals surface area contributed by atoms with Gasteiger partial charge in [0.15, 0.2) is 5.82 Å².